The van der Waals surface area contributed by atoms with Crippen LogP contribution in [0.5, 0.6) is 0 Å². The number of carboxylic acid groups (broad SMARTS) is 1. The van der Waals surface area contributed by atoms with Crippen molar-refractivity contribution in [3.05, 3.63) is 28.0 Å². The first-order valence-corrected chi connectivity index (χ1v) is 6.65. The minimum Gasteiger partial charge on any atom is -0.475 e. The Bertz CT molecular complexity index is 564. The smallest absolute Gasteiger partial charge is 0.373 e. The zero-order valence-corrected chi connectivity index (χ0v) is 11.4. The van der Waals surface area contributed by atoms with E-state index in [-0.39, 0.29) is 5.76 Å². The maximum absolute atomic E-state index is 11.1. The van der Waals surface area contributed by atoms with Crippen LogP contribution in [-0.4, -0.2) is 16.1 Å². The van der Waals surface area contributed by atoms with E-state index in [2.05, 4.69) is 4.98 Å². The van der Waals surface area contributed by atoms with Crippen LogP contribution < -0.4 is 0 Å². The zero-order valence-electron chi connectivity index (χ0n) is 10.6. The first kappa shape index (κ1) is 12.8. The van der Waals surface area contributed by atoms with Crippen LogP contribution in [0, 0.1) is 13.8 Å². The number of hydrogen-bond donors (Lipinski definition) is 1. The van der Waals surface area contributed by atoms with Crippen molar-refractivity contribution in [3.8, 4) is 10.8 Å². The number of carboxylic acids is 1. The van der Waals surface area contributed by atoms with Crippen molar-refractivity contribution in [3.63, 3.8) is 0 Å². The number of nitrogens with zero attached hydrogens (tertiary/aromatic N) is 1. The lowest BCUT2D eigenvalue weighted by molar-refractivity contribution is 0.0662. The van der Waals surface area contributed by atoms with Crippen molar-refractivity contribution < 1.29 is 14.3 Å². The van der Waals surface area contributed by atoms with Crippen LogP contribution in [0.2, 0.25) is 0 Å². The fraction of sp³-hybridized carbons (Fsp3) is 0.385. The molecule has 2 heterocycles. The molecule has 0 bridgehead atoms. The third-order valence-corrected chi connectivity index (χ3v) is 3.90. The van der Waals surface area contributed by atoms with Gasteiger partial charge in [-0.1, -0.05) is 13.3 Å². The largest absolute Gasteiger partial charge is 0.475 e. The van der Waals surface area contributed by atoms with E-state index in [4.69, 9.17) is 9.52 Å². The number of hydrogen-bond acceptors (Lipinski definition) is 4. The fourth-order valence-electron chi connectivity index (χ4n) is 1.71. The summed E-state index contributed by atoms with van der Waals surface area (Å²) in [5.74, 6) is -0.671. The highest BCUT2D eigenvalue weighted by molar-refractivity contribution is 7.15. The molecular weight excluding hydrogens is 250 g/mol. The number of aryl methyl sites for hydroxylation is 3. The van der Waals surface area contributed by atoms with Gasteiger partial charge in [0.1, 0.15) is 0 Å². The predicted octanol–water partition coefficient (Wildman–Crippen LogP) is 3.67. The van der Waals surface area contributed by atoms with Crippen LogP contribution >= 0.6 is 11.3 Å². The Labute approximate surface area is 109 Å². The third-order valence-electron chi connectivity index (χ3n) is 2.76. The van der Waals surface area contributed by atoms with E-state index in [1.54, 1.807) is 11.3 Å². The Morgan fingerprint density at radius 2 is 2.22 bits per heavy atom. The standard InChI is InChI=1S/C13H15NO3S/c1-4-5-9-11(13(15)16)17-12(14-9)10-6-7(2)8(3)18-10/h6H,4-5H2,1-3H3,(H,15,16). The summed E-state index contributed by atoms with van der Waals surface area (Å²) in [5, 5.41) is 9.08. The summed E-state index contributed by atoms with van der Waals surface area (Å²) in [7, 11) is 0. The molecular formula is C13H15NO3S. The lowest BCUT2D eigenvalue weighted by Gasteiger charge is -1.91. The van der Waals surface area contributed by atoms with E-state index in [1.165, 1.54) is 10.4 Å². The van der Waals surface area contributed by atoms with Gasteiger partial charge in [-0.2, -0.15) is 0 Å². The second-order valence-corrected chi connectivity index (χ2v) is 5.46. The minimum atomic E-state index is -1.05. The van der Waals surface area contributed by atoms with Crippen molar-refractivity contribution in [1.29, 1.82) is 0 Å². The molecule has 0 radical (unpaired) electrons. The molecule has 2 aromatic heterocycles. The number of thiophene rings is 1. The average molecular weight is 265 g/mol. The molecule has 0 atom stereocenters. The molecule has 0 aromatic carbocycles. The van der Waals surface area contributed by atoms with Gasteiger partial charge in [0.15, 0.2) is 0 Å². The van der Waals surface area contributed by atoms with E-state index in [0.29, 0.717) is 18.0 Å². The Morgan fingerprint density at radius 3 is 2.72 bits per heavy atom. The molecule has 0 saturated carbocycles. The summed E-state index contributed by atoms with van der Waals surface area (Å²) in [6, 6.07) is 1.98. The maximum Gasteiger partial charge on any atom is 0.373 e. The SMILES string of the molecule is CCCc1nc(-c2cc(C)c(C)s2)oc1C(=O)O. The van der Waals surface area contributed by atoms with Crippen molar-refractivity contribution >= 4 is 17.3 Å². The highest BCUT2D eigenvalue weighted by atomic mass is 32.1. The molecule has 4 nitrogen and oxygen atoms in total. The van der Waals surface area contributed by atoms with Crippen molar-refractivity contribution in [2.75, 3.05) is 0 Å². The monoisotopic (exact) mass is 265 g/mol. The topological polar surface area (TPSA) is 63.3 Å². The number of aromatic carboxylic acids is 1. The Balaban J connectivity index is 2.45. The van der Waals surface area contributed by atoms with Gasteiger partial charge in [-0.15, -0.1) is 11.3 Å². The lowest BCUT2D eigenvalue weighted by atomic mass is 10.2. The van der Waals surface area contributed by atoms with Gasteiger partial charge in [0.05, 0.1) is 10.6 Å². The van der Waals surface area contributed by atoms with Crippen LogP contribution in [0.3, 0.4) is 0 Å². The molecule has 0 saturated heterocycles. The number of oxazole rings is 1. The van der Waals surface area contributed by atoms with Gasteiger partial charge >= 0.3 is 5.97 Å². The fourth-order valence-corrected chi connectivity index (χ4v) is 2.67. The van der Waals surface area contributed by atoms with Crippen LogP contribution in [0.1, 0.15) is 40.0 Å². The lowest BCUT2D eigenvalue weighted by Crippen LogP contribution is -1.99. The quantitative estimate of drug-likeness (QED) is 0.916. The van der Waals surface area contributed by atoms with Crippen molar-refractivity contribution in [1.82, 2.24) is 4.98 Å². The number of rotatable bonds is 4. The molecule has 2 aromatic rings. The highest BCUT2D eigenvalue weighted by Gasteiger charge is 2.20. The van der Waals surface area contributed by atoms with Crippen LogP contribution in [-0.2, 0) is 6.42 Å². The summed E-state index contributed by atoms with van der Waals surface area (Å²) in [5.41, 5.74) is 1.70. The van der Waals surface area contributed by atoms with Gasteiger partial charge in [-0.3, -0.25) is 0 Å². The molecule has 0 amide bonds. The van der Waals surface area contributed by atoms with Crippen LogP contribution in [0.25, 0.3) is 10.8 Å². The summed E-state index contributed by atoms with van der Waals surface area (Å²) in [6.07, 6.45) is 1.46. The maximum atomic E-state index is 11.1. The summed E-state index contributed by atoms with van der Waals surface area (Å²) < 4.78 is 5.38. The van der Waals surface area contributed by atoms with Gasteiger partial charge in [-0.05, 0) is 31.9 Å². The Morgan fingerprint density at radius 1 is 1.50 bits per heavy atom. The van der Waals surface area contributed by atoms with E-state index >= 15 is 0 Å². The van der Waals surface area contributed by atoms with Gasteiger partial charge in [-0.25, -0.2) is 9.78 Å². The second-order valence-electron chi connectivity index (χ2n) is 4.20. The van der Waals surface area contributed by atoms with Crippen molar-refractivity contribution in [2.24, 2.45) is 0 Å². The molecule has 96 valence electrons. The average Bonchev–Trinajstić information content (AvgIpc) is 2.85. The molecule has 0 aliphatic rings. The van der Waals surface area contributed by atoms with Gasteiger partial charge in [0, 0.05) is 4.88 Å². The van der Waals surface area contributed by atoms with Crippen LogP contribution in [0.15, 0.2) is 10.5 Å². The van der Waals surface area contributed by atoms with Gasteiger partial charge in [0.25, 0.3) is 0 Å². The van der Waals surface area contributed by atoms with Gasteiger partial charge in [0.2, 0.25) is 11.7 Å². The summed E-state index contributed by atoms with van der Waals surface area (Å²) >= 11 is 1.57. The molecule has 0 spiro atoms. The van der Waals surface area contributed by atoms with Gasteiger partial charge < -0.3 is 9.52 Å². The molecule has 0 aliphatic carbocycles. The first-order valence-electron chi connectivity index (χ1n) is 5.83. The number of carbonyl (C=O) groups is 1. The summed E-state index contributed by atoms with van der Waals surface area (Å²) in [4.78, 5) is 17.5. The van der Waals surface area contributed by atoms with E-state index in [1.807, 2.05) is 26.8 Å². The van der Waals surface area contributed by atoms with E-state index in [9.17, 15) is 4.79 Å². The molecule has 5 heteroatoms. The molecule has 0 unspecified atom stereocenters. The predicted molar refractivity (Wildman–Crippen MR) is 70.2 cm³/mol. The Hall–Kier alpha value is -1.62. The second kappa shape index (κ2) is 4.94. The van der Waals surface area contributed by atoms with E-state index < -0.39 is 5.97 Å². The summed E-state index contributed by atoms with van der Waals surface area (Å²) in [6.45, 7) is 6.03. The minimum absolute atomic E-state index is 0.0319. The molecule has 18 heavy (non-hydrogen) atoms. The molecule has 0 aliphatic heterocycles. The third kappa shape index (κ3) is 2.31. The van der Waals surface area contributed by atoms with Crippen LogP contribution in [0.4, 0.5) is 0 Å². The van der Waals surface area contributed by atoms with E-state index in [0.717, 1.165) is 11.3 Å². The zero-order chi connectivity index (χ0) is 13.3. The van der Waals surface area contributed by atoms with Crippen molar-refractivity contribution in [2.45, 2.75) is 33.6 Å². The molecule has 1 N–H and O–H groups in total. The highest BCUT2D eigenvalue weighted by Crippen LogP contribution is 2.31. The Kier molecular flexibility index (Phi) is 3.52. The number of aromatic nitrogens is 1. The molecule has 0 fully saturated rings. The normalized spacial score (nSPS) is 10.8. The molecule has 2 rings (SSSR count). The first-order chi connectivity index (χ1) is 8.52.